The van der Waals surface area contributed by atoms with Crippen LogP contribution in [0.4, 0.5) is 5.69 Å². The zero-order valence-electron chi connectivity index (χ0n) is 20.7. The summed E-state index contributed by atoms with van der Waals surface area (Å²) in [5, 5.41) is 7.38. The fourth-order valence-electron chi connectivity index (χ4n) is 5.13. The van der Waals surface area contributed by atoms with Crippen LogP contribution in [0.1, 0.15) is 55.7 Å². The lowest BCUT2D eigenvalue weighted by Gasteiger charge is -2.31. The highest BCUT2D eigenvalue weighted by molar-refractivity contribution is 5.79. The number of aromatic nitrogens is 2. The molecule has 2 saturated heterocycles. The Morgan fingerprint density at radius 3 is 2.54 bits per heavy atom. The van der Waals surface area contributed by atoms with Gasteiger partial charge < -0.3 is 14.7 Å². The second-order valence-electron chi connectivity index (χ2n) is 9.95. The molecule has 3 heterocycles. The standard InChI is InChI=1S/C28H35N5O2/c1-20-6-5-7-24(18-20)27-30-26(35-31-27)19-32-16-12-23(13-17-32)28(34)29-21(2)22-8-10-25(11-9-22)33-14-3-4-15-33/h5-11,18,21,23H,3-4,12-17,19H2,1-2H3,(H,29,34). The van der Waals surface area contributed by atoms with Crippen molar-refractivity contribution in [1.29, 1.82) is 0 Å². The third-order valence-electron chi connectivity index (χ3n) is 7.28. The summed E-state index contributed by atoms with van der Waals surface area (Å²) in [6.45, 7) is 8.72. The molecule has 1 unspecified atom stereocenters. The molecule has 0 aliphatic carbocycles. The van der Waals surface area contributed by atoms with Crippen molar-refractivity contribution >= 4 is 11.6 Å². The minimum Gasteiger partial charge on any atom is -0.372 e. The van der Waals surface area contributed by atoms with Gasteiger partial charge in [0.15, 0.2) is 0 Å². The first-order valence-corrected chi connectivity index (χ1v) is 12.8. The molecule has 0 saturated carbocycles. The minimum absolute atomic E-state index is 0.00611. The number of amides is 1. The summed E-state index contributed by atoms with van der Waals surface area (Å²) in [6, 6.07) is 16.8. The predicted molar refractivity (Wildman–Crippen MR) is 137 cm³/mol. The van der Waals surface area contributed by atoms with Crippen molar-refractivity contribution in [3.8, 4) is 11.4 Å². The monoisotopic (exact) mass is 473 g/mol. The molecule has 35 heavy (non-hydrogen) atoms. The van der Waals surface area contributed by atoms with E-state index in [1.165, 1.54) is 24.1 Å². The van der Waals surface area contributed by atoms with E-state index in [1.54, 1.807) is 0 Å². The Morgan fingerprint density at radius 2 is 1.83 bits per heavy atom. The van der Waals surface area contributed by atoms with Gasteiger partial charge in [-0.05, 0) is 76.4 Å². The number of aryl methyl sites for hydroxylation is 1. The summed E-state index contributed by atoms with van der Waals surface area (Å²) in [5.41, 5.74) is 4.57. The van der Waals surface area contributed by atoms with Gasteiger partial charge in [-0.15, -0.1) is 0 Å². The van der Waals surface area contributed by atoms with Gasteiger partial charge in [0.25, 0.3) is 0 Å². The number of piperidine rings is 1. The van der Waals surface area contributed by atoms with Gasteiger partial charge in [-0.25, -0.2) is 0 Å². The highest BCUT2D eigenvalue weighted by Gasteiger charge is 2.27. The molecule has 7 heteroatoms. The highest BCUT2D eigenvalue weighted by Crippen LogP contribution is 2.25. The van der Waals surface area contributed by atoms with Crippen LogP contribution in [-0.2, 0) is 11.3 Å². The van der Waals surface area contributed by atoms with E-state index in [0.29, 0.717) is 18.3 Å². The summed E-state index contributed by atoms with van der Waals surface area (Å²) < 4.78 is 5.49. The van der Waals surface area contributed by atoms with Crippen LogP contribution in [0.25, 0.3) is 11.4 Å². The molecule has 2 aromatic carbocycles. The molecule has 1 amide bonds. The number of rotatable bonds is 7. The molecule has 1 N–H and O–H groups in total. The van der Waals surface area contributed by atoms with E-state index in [0.717, 1.165) is 50.1 Å². The second-order valence-corrected chi connectivity index (χ2v) is 9.95. The zero-order chi connectivity index (χ0) is 24.2. The highest BCUT2D eigenvalue weighted by atomic mass is 16.5. The van der Waals surface area contributed by atoms with Gasteiger partial charge in [0.1, 0.15) is 0 Å². The van der Waals surface area contributed by atoms with Crippen LogP contribution in [0, 0.1) is 12.8 Å². The van der Waals surface area contributed by atoms with Crippen molar-refractivity contribution in [3.63, 3.8) is 0 Å². The van der Waals surface area contributed by atoms with Crippen molar-refractivity contribution in [2.24, 2.45) is 5.92 Å². The smallest absolute Gasteiger partial charge is 0.241 e. The summed E-state index contributed by atoms with van der Waals surface area (Å²) in [7, 11) is 0. The lowest BCUT2D eigenvalue weighted by Crippen LogP contribution is -2.40. The Labute approximate surface area is 207 Å². The van der Waals surface area contributed by atoms with Crippen LogP contribution in [-0.4, -0.2) is 47.1 Å². The van der Waals surface area contributed by atoms with Gasteiger partial charge >= 0.3 is 0 Å². The number of hydrogen-bond donors (Lipinski definition) is 1. The molecule has 1 aromatic heterocycles. The van der Waals surface area contributed by atoms with Crippen LogP contribution in [0.3, 0.4) is 0 Å². The molecule has 5 rings (SSSR count). The van der Waals surface area contributed by atoms with Crippen molar-refractivity contribution in [3.05, 3.63) is 65.5 Å². The third-order valence-corrected chi connectivity index (χ3v) is 7.28. The largest absolute Gasteiger partial charge is 0.372 e. The normalized spacial score (nSPS) is 18.1. The summed E-state index contributed by atoms with van der Waals surface area (Å²) in [6.07, 6.45) is 4.23. The first kappa shape index (κ1) is 23.5. The van der Waals surface area contributed by atoms with Crippen molar-refractivity contribution in [2.75, 3.05) is 31.1 Å². The van der Waals surface area contributed by atoms with Gasteiger partial charge in [0.2, 0.25) is 17.6 Å². The van der Waals surface area contributed by atoms with E-state index in [4.69, 9.17) is 4.52 Å². The lowest BCUT2D eigenvalue weighted by molar-refractivity contribution is -0.127. The fourth-order valence-corrected chi connectivity index (χ4v) is 5.13. The molecule has 2 aliphatic rings. The van der Waals surface area contributed by atoms with Crippen molar-refractivity contribution < 1.29 is 9.32 Å². The fraction of sp³-hybridized carbons (Fsp3) is 0.464. The number of carbonyl (C=O) groups is 1. The quantitative estimate of drug-likeness (QED) is 0.535. The number of hydrogen-bond acceptors (Lipinski definition) is 6. The maximum atomic E-state index is 12.9. The summed E-state index contributed by atoms with van der Waals surface area (Å²) in [5.74, 6) is 1.44. The molecular formula is C28H35N5O2. The Bertz CT molecular complexity index is 1130. The van der Waals surface area contributed by atoms with E-state index in [1.807, 2.05) is 12.1 Å². The van der Waals surface area contributed by atoms with E-state index < -0.39 is 0 Å². The summed E-state index contributed by atoms with van der Waals surface area (Å²) >= 11 is 0. The van der Waals surface area contributed by atoms with Gasteiger partial charge in [0.05, 0.1) is 12.6 Å². The van der Waals surface area contributed by atoms with Gasteiger partial charge in [-0.3, -0.25) is 9.69 Å². The molecule has 1 atom stereocenters. The van der Waals surface area contributed by atoms with Crippen molar-refractivity contribution in [2.45, 2.75) is 52.1 Å². The van der Waals surface area contributed by atoms with E-state index in [9.17, 15) is 4.79 Å². The Balaban J connectivity index is 1.09. The molecule has 3 aromatic rings. The third kappa shape index (κ3) is 5.73. The zero-order valence-corrected chi connectivity index (χ0v) is 20.7. The van der Waals surface area contributed by atoms with Gasteiger partial charge in [-0.1, -0.05) is 41.1 Å². The number of benzene rings is 2. The Hall–Kier alpha value is -3.19. The molecular weight excluding hydrogens is 438 g/mol. The maximum Gasteiger partial charge on any atom is 0.241 e. The number of nitrogens with zero attached hydrogens (tertiary/aromatic N) is 4. The number of anilines is 1. The molecule has 7 nitrogen and oxygen atoms in total. The molecule has 2 aliphatic heterocycles. The first-order chi connectivity index (χ1) is 17.0. The first-order valence-electron chi connectivity index (χ1n) is 12.8. The molecule has 2 fully saturated rings. The van der Waals surface area contributed by atoms with E-state index >= 15 is 0 Å². The van der Waals surface area contributed by atoms with Crippen LogP contribution in [0.2, 0.25) is 0 Å². The number of nitrogens with one attached hydrogen (secondary N) is 1. The van der Waals surface area contributed by atoms with Gasteiger partial charge in [0, 0.05) is 30.3 Å². The van der Waals surface area contributed by atoms with E-state index in [2.05, 4.69) is 75.5 Å². The second kappa shape index (κ2) is 10.6. The van der Waals surface area contributed by atoms with Crippen LogP contribution in [0.15, 0.2) is 53.1 Å². The minimum atomic E-state index is 0.00611. The average molecular weight is 474 g/mol. The van der Waals surface area contributed by atoms with Gasteiger partial charge in [-0.2, -0.15) is 4.98 Å². The molecule has 0 bridgehead atoms. The van der Waals surface area contributed by atoms with E-state index in [-0.39, 0.29) is 17.9 Å². The Kier molecular flexibility index (Phi) is 7.13. The summed E-state index contributed by atoms with van der Waals surface area (Å²) in [4.78, 5) is 22.2. The molecule has 0 radical (unpaired) electrons. The van der Waals surface area contributed by atoms with Crippen LogP contribution in [0.5, 0.6) is 0 Å². The van der Waals surface area contributed by atoms with Crippen LogP contribution < -0.4 is 10.2 Å². The Morgan fingerprint density at radius 1 is 1.09 bits per heavy atom. The predicted octanol–water partition coefficient (Wildman–Crippen LogP) is 4.73. The number of carbonyl (C=O) groups excluding carboxylic acids is 1. The van der Waals surface area contributed by atoms with Crippen LogP contribution >= 0.6 is 0 Å². The average Bonchev–Trinajstić information content (AvgIpc) is 3.57. The molecule has 184 valence electrons. The SMILES string of the molecule is Cc1cccc(-c2noc(CN3CCC(C(=O)NC(C)c4ccc(N5CCCC5)cc4)CC3)n2)c1. The van der Waals surface area contributed by atoms with Crippen molar-refractivity contribution in [1.82, 2.24) is 20.4 Å². The topological polar surface area (TPSA) is 74.5 Å². The maximum absolute atomic E-state index is 12.9. The number of likely N-dealkylation sites (tertiary alicyclic amines) is 1. The lowest BCUT2D eigenvalue weighted by atomic mass is 9.95. The molecule has 0 spiro atoms.